The second-order valence-corrected chi connectivity index (χ2v) is 4.85. The molecule has 0 amide bonds. The summed E-state index contributed by atoms with van der Waals surface area (Å²) in [5.41, 5.74) is 0. The van der Waals surface area contributed by atoms with Gasteiger partial charge in [-0.2, -0.15) is 0 Å². The Balaban J connectivity index is 1.95. The topological polar surface area (TPSA) is 60.0 Å². The van der Waals surface area contributed by atoms with Crippen LogP contribution in [0.15, 0.2) is 0 Å². The van der Waals surface area contributed by atoms with E-state index in [9.17, 15) is 5.11 Å². The number of morpholine rings is 1. The van der Waals surface area contributed by atoms with Gasteiger partial charge in [-0.1, -0.05) is 13.3 Å². The zero-order chi connectivity index (χ0) is 13.2. The van der Waals surface area contributed by atoms with Crippen LogP contribution in [0, 0.1) is 0 Å². The lowest BCUT2D eigenvalue weighted by Crippen LogP contribution is -2.45. The van der Waals surface area contributed by atoms with Crippen LogP contribution >= 0.6 is 0 Å². The molecule has 3 unspecified atom stereocenters. The van der Waals surface area contributed by atoms with Gasteiger partial charge in [0.1, 0.15) is 6.10 Å². The van der Waals surface area contributed by atoms with Gasteiger partial charge < -0.3 is 24.6 Å². The molecule has 1 aliphatic heterocycles. The number of nitrogens with one attached hydrogen (secondary N) is 1. The van der Waals surface area contributed by atoms with Gasteiger partial charge in [-0.05, 0) is 13.3 Å². The molecule has 0 aromatic heterocycles. The average molecular weight is 261 g/mol. The standard InChI is InChI=1S/C13H27NO4/c1-3-4-5-16-8-12(15)9-17-10-13-7-14-6-11(2)18-13/h11-15H,3-10H2,1-2H3. The maximum atomic E-state index is 9.62. The molecule has 1 heterocycles. The monoisotopic (exact) mass is 261 g/mol. The minimum Gasteiger partial charge on any atom is -0.388 e. The summed E-state index contributed by atoms with van der Waals surface area (Å²) in [5, 5.41) is 12.9. The molecule has 3 atom stereocenters. The van der Waals surface area contributed by atoms with Gasteiger partial charge in [-0.15, -0.1) is 0 Å². The minimum atomic E-state index is -0.546. The molecule has 5 nitrogen and oxygen atoms in total. The van der Waals surface area contributed by atoms with Crippen molar-refractivity contribution in [3.05, 3.63) is 0 Å². The van der Waals surface area contributed by atoms with Crippen molar-refractivity contribution in [2.45, 2.75) is 45.0 Å². The first-order chi connectivity index (χ1) is 8.72. The van der Waals surface area contributed by atoms with E-state index >= 15 is 0 Å². The summed E-state index contributed by atoms with van der Waals surface area (Å²) in [4.78, 5) is 0. The van der Waals surface area contributed by atoms with Gasteiger partial charge in [0.2, 0.25) is 0 Å². The van der Waals surface area contributed by atoms with E-state index in [-0.39, 0.29) is 12.2 Å². The van der Waals surface area contributed by atoms with Crippen LogP contribution in [-0.4, -0.2) is 62.9 Å². The largest absolute Gasteiger partial charge is 0.388 e. The van der Waals surface area contributed by atoms with Crippen LogP contribution in [0.3, 0.4) is 0 Å². The van der Waals surface area contributed by atoms with E-state index in [4.69, 9.17) is 14.2 Å². The molecule has 1 aliphatic rings. The lowest BCUT2D eigenvalue weighted by Gasteiger charge is -2.28. The molecule has 108 valence electrons. The third-order valence-corrected chi connectivity index (χ3v) is 2.80. The SMILES string of the molecule is CCCCOCC(O)COCC1CNCC(C)O1. The molecule has 2 N–H and O–H groups in total. The van der Waals surface area contributed by atoms with Crippen molar-refractivity contribution in [3.63, 3.8) is 0 Å². The highest BCUT2D eigenvalue weighted by atomic mass is 16.5. The van der Waals surface area contributed by atoms with E-state index in [1.54, 1.807) is 0 Å². The number of aliphatic hydroxyl groups is 1. The second-order valence-electron chi connectivity index (χ2n) is 4.85. The summed E-state index contributed by atoms with van der Waals surface area (Å²) < 4.78 is 16.4. The van der Waals surface area contributed by atoms with Crippen LogP contribution in [0.25, 0.3) is 0 Å². The van der Waals surface area contributed by atoms with Gasteiger partial charge in [0, 0.05) is 19.7 Å². The highest BCUT2D eigenvalue weighted by Crippen LogP contribution is 2.03. The molecule has 5 heteroatoms. The first kappa shape index (κ1) is 15.9. The lowest BCUT2D eigenvalue weighted by molar-refractivity contribution is -0.0864. The number of ether oxygens (including phenoxy) is 3. The fourth-order valence-electron chi connectivity index (χ4n) is 1.82. The number of aliphatic hydroxyl groups excluding tert-OH is 1. The van der Waals surface area contributed by atoms with Crippen LogP contribution in [0.4, 0.5) is 0 Å². The van der Waals surface area contributed by atoms with Crippen LogP contribution in [0.1, 0.15) is 26.7 Å². The highest BCUT2D eigenvalue weighted by molar-refractivity contribution is 4.71. The van der Waals surface area contributed by atoms with Crippen LogP contribution < -0.4 is 5.32 Å². The van der Waals surface area contributed by atoms with E-state index in [0.717, 1.165) is 25.9 Å². The third-order valence-electron chi connectivity index (χ3n) is 2.80. The Hall–Kier alpha value is -0.200. The van der Waals surface area contributed by atoms with Crippen molar-refractivity contribution in [2.75, 3.05) is 39.5 Å². The molecule has 0 spiro atoms. The van der Waals surface area contributed by atoms with Gasteiger partial charge in [0.25, 0.3) is 0 Å². The summed E-state index contributed by atoms with van der Waals surface area (Å²) in [6.45, 7) is 7.74. The molecule has 0 aliphatic carbocycles. The Labute approximate surface area is 110 Å². The average Bonchev–Trinajstić information content (AvgIpc) is 2.35. The molecule has 0 radical (unpaired) electrons. The first-order valence-electron chi connectivity index (χ1n) is 6.92. The molecule has 0 saturated carbocycles. The number of hydrogen-bond donors (Lipinski definition) is 2. The molecule has 18 heavy (non-hydrogen) atoms. The smallest absolute Gasteiger partial charge is 0.101 e. The Kier molecular flexibility index (Phi) is 8.54. The van der Waals surface area contributed by atoms with E-state index in [1.165, 1.54) is 0 Å². The Morgan fingerprint density at radius 3 is 2.83 bits per heavy atom. The number of hydrogen-bond acceptors (Lipinski definition) is 5. The van der Waals surface area contributed by atoms with E-state index in [0.29, 0.717) is 26.4 Å². The van der Waals surface area contributed by atoms with E-state index < -0.39 is 6.10 Å². The zero-order valence-corrected chi connectivity index (χ0v) is 11.6. The quantitative estimate of drug-likeness (QED) is 0.594. The second kappa shape index (κ2) is 9.69. The molecular formula is C13H27NO4. The fraction of sp³-hybridized carbons (Fsp3) is 1.00. The maximum absolute atomic E-state index is 9.62. The maximum Gasteiger partial charge on any atom is 0.101 e. The fourth-order valence-corrected chi connectivity index (χ4v) is 1.82. The summed E-state index contributed by atoms with van der Waals surface area (Å²) in [5.74, 6) is 0. The Morgan fingerprint density at radius 2 is 2.11 bits per heavy atom. The van der Waals surface area contributed by atoms with Crippen molar-refractivity contribution in [2.24, 2.45) is 0 Å². The minimum absolute atomic E-state index is 0.0851. The van der Waals surface area contributed by atoms with E-state index in [2.05, 4.69) is 12.2 Å². The van der Waals surface area contributed by atoms with Gasteiger partial charge >= 0.3 is 0 Å². The predicted molar refractivity (Wildman–Crippen MR) is 69.8 cm³/mol. The van der Waals surface area contributed by atoms with Gasteiger partial charge in [-0.3, -0.25) is 0 Å². The normalized spacial score (nSPS) is 26.2. The summed E-state index contributed by atoms with van der Waals surface area (Å²) in [6.07, 6.45) is 1.91. The molecule has 1 rings (SSSR count). The summed E-state index contributed by atoms with van der Waals surface area (Å²) in [6, 6.07) is 0. The van der Waals surface area contributed by atoms with Crippen LogP contribution in [-0.2, 0) is 14.2 Å². The molecule has 0 aromatic carbocycles. The van der Waals surface area contributed by atoms with E-state index in [1.807, 2.05) is 6.92 Å². The number of unbranched alkanes of at least 4 members (excludes halogenated alkanes) is 1. The molecular weight excluding hydrogens is 234 g/mol. The Morgan fingerprint density at radius 1 is 1.33 bits per heavy atom. The first-order valence-corrected chi connectivity index (χ1v) is 6.92. The van der Waals surface area contributed by atoms with Crippen molar-refractivity contribution in [1.82, 2.24) is 5.32 Å². The molecule has 1 fully saturated rings. The Bertz CT molecular complexity index is 203. The van der Waals surface area contributed by atoms with Gasteiger partial charge in [0.05, 0.1) is 32.0 Å². The van der Waals surface area contributed by atoms with Crippen LogP contribution in [0.2, 0.25) is 0 Å². The summed E-state index contributed by atoms with van der Waals surface area (Å²) >= 11 is 0. The predicted octanol–water partition coefficient (Wildman–Crippen LogP) is 0.558. The molecule has 0 bridgehead atoms. The van der Waals surface area contributed by atoms with Crippen molar-refractivity contribution >= 4 is 0 Å². The zero-order valence-electron chi connectivity index (χ0n) is 11.6. The van der Waals surface area contributed by atoms with Crippen molar-refractivity contribution in [3.8, 4) is 0 Å². The van der Waals surface area contributed by atoms with Crippen molar-refractivity contribution in [1.29, 1.82) is 0 Å². The highest BCUT2D eigenvalue weighted by Gasteiger charge is 2.19. The lowest BCUT2D eigenvalue weighted by atomic mass is 10.2. The molecule has 1 saturated heterocycles. The van der Waals surface area contributed by atoms with Crippen molar-refractivity contribution < 1.29 is 19.3 Å². The van der Waals surface area contributed by atoms with Gasteiger partial charge in [-0.25, -0.2) is 0 Å². The summed E-state index contributed by atoms with van der Waals surface area (Å²) in [7, 11) is 0. The molecule has 0 aromatic rings. The van der Waals surface area contributed by atoms with Gasteiger partial charge in [0.15, 0.2) is 0 Å². The number of rotatable bonds is 9. The van der Waals surface area contributed by atoms with Crippen LogP contribution in [0.5, 0.6) is 0 Å². The third kappa shape index (κ3) is 7.28.